The summed E-state index contributed by atoms with van der Waals surface area (Å²) >= 11 is 9.53. The molecule has 1 aromatic carbocycles. The SMILES string of the molecule is COc1c(Br)cc(Cl)cc1NCc1cnn(C(C)(C)C)c1. The van der Waals surface area contributed by atoms with E-state index in [9.17, 15) is 0 Å². The average molecular weight is 373 g/mol. The molecule has 21 heavy (non-hydrogen) atoms. The van der Waals surface area contributed by atoms with E-state index in [1.54, 1.807) is 7.11 Å². The molecule has 1 aromatic heterocycles. The molecule has 1 N–H and O–H groups in total. The number of nitrogens with one attached hydrogen (secondary N) is 1. The molecule has 114 valence electrons. The number of nitrogens with zero attached hydrogens (tertiary/aromatic N) is 2. The van der Waals surface area contributed by atoms with Crippen LogP contribution in [0.1, 0.15) is 26.3 Å². The van der Waals surface area contributed by atoms with Crippen LogP contribution in [-0.4, -0.2) is 16.9 Å². The van der Waals surface area contributed by atoms with Crippen LogP contribution in [0, 0.1) is 0 Å². The highest BCUT2D eigenvalue weighted by atomic mass is 79.9. The van der Waals surface area contributed by atoms with Crippen LogP contribution < -0.4 is 10.1 Å². The molecule has 2 rings (SSSR count). The van der Waals surface area contributed by atoms with Gasteiger partial charge >= 0.3 is 0 Å². The highest BCUT2D eigenvalue weighted by molar-refractivity contribution is 9.10. The van der Waals surface area contributed by atoms with Crippen LogP contribution >= 0.6 is 27.5 Å². The maximum atomic E-state index is 6.08. The Morgan fingerprint density at radius 1 is 1.38 bits per heavy atom. The monoisotopic (exact) mass is 371 g/mol. The molecule has 0 aliphatic carbocycles. The summed E-state index contributed by atoms with van der Waals surface area (Å²) in [6.07, 6.45) is 3.91. The van der Waals surface area contributed by atoms with Gasteiger partial charge < -0.3 is 10.1 Å². The van der Waals surface area contributed by atoms with E-state index in [0.717, 1.165) is 21.5 Å². The third-order valence-electron chi connectivity index (χ3n) is 3.02. The molecule has 0 fully saturated rings. The first-order valence-electron chi connectivity index (χ1n) is 6.62. The molecule has 0 aliphatic heterocycles. The Labute approximate surface area is 138 Å². The molecular weight excluding hydrogens is 354 g/mol. The Morgan fingerprint density at radius 3 is 2.67 bits per heavy atom. The lowest BCUT2D eigenvalue weighted by Crippen LogP contribution is -2.21. The van der Waals surface area contributed by atoms with Crippen molar-refractivity contribution in [1.82, 2.24) is 9.78 Å². The Balaban J connectivity index is 2.15. The minimum atomic E-state index is -0.0188. The maximum Gasteiger partial charge on any atom is 0.156 e. The molecule has 0 aliphatic rings. The molecule has 6 heteroatoms. The highest BCUT2D eigenvalue weighted by Gasteiger charge is 2.14. The summed E-state index contributed by atoms with van der Waals surface area (Å²) in [5.41, 5.74) is 1.93. The fourth-order valence-corrected chi connectivity index (χ4v) is 2.89. The third-order valence-corrected chi connectivity index (χ3v) is 3.83. The first-order chi connectivity index (χ1) is 9.81. The van der Waals surface area contributed by atoms with Crippen molar-refractivity contribution in [3.05, 3.63) is 39.6 Å². The fraction of sp³-hybridized carbons (Fsp3) is 0.400. The van der Waals surface area contributed by atoms with Gasteiger partial charge in [-0.2, -0.15) is 5.10 Å². The van der Waals surface area contributed by atoms with E-state index in [4.69, 9.17) is 16.3 Å². The number of aromatic nitrogens is 2. The number of halogens is 2. The van der Waals surface area contributed by atoms with Gasteiger partial charge in [0, 0.05) is 23.3 Å². The molecule has 0 saturated carbocycles. The molecule has 0 saturated heterocycles. The van der Waals surface area contributed by atoms with Crippen molar-refractivity contribution < 1.29 is 4.74 Å². The molecular formula is C15H19BrClN3O. The first kappa shape index (κ1) is 16.2. The number of hydrogen-bond donors (Lipinski definition) is 1. The van der Waals surface area contributed by atoms with Crippen molar-refractivity contribution in [1.29, 1.82) is 0 Å². The van der Waals surface area contributed by atoms with Gasteiger partial charge in [0.05, 0.1) is 29.0 Å². The summed E-state index contributed by atoms with van der Waals surface area (Å²) < 4.78 is 8.17. The minimum absolute atomic E-state index is 0.0188. The predicted molar refractivity (Wildman–Crippen MR) is 90.3 cm³/mol. The van der Waals surface area contributed by atoms with E-state index in [2.05, 4.69) is 47.1 Å². The molecule has 0 unspecified atom stereocenters. The number of hydrogen-bond acceptors (Lipinski definition) is 3. The second-order valence-electron chi connectivity index (χ2n) is 5.79. The van der Waals surface area contributed by atoms with Crippen molar-refractivity contribution in [2.24, 2.45) is 0 Å². The summed E-state index contributed by atoms with van der Waals surface area (Å²) in [6.45, 7) is 7.01. The molecule has 0 amide bonds. The Bertz CT molecular complexity index is 634. The average Bonchev–Trinajstić information content (AvgIpc) is 2.84. The Hall–Kier alpha value is -1.20. The van der Waals surface area contributed by atoms with E-state index >= 15 is 0 Å². The molecule has 2 aromatic rings. The molecule has 0 bridgehead atoms. The van der Waals surface area contributed by atoms with Crippen LogP contribution in [0.15, 0.2) is 29.0 Å². The zero-order valence-electron chi connectivity index (χ0n) is 12.6. The van der Waals surface area contributed by atoms with E-state index in [-0.39, 0.29) is 5.54 Å². The molecule has 1 heterocycles. The van der Waals surface area contributed by atoms with Crippen molar-refractivity contribution in [3.63, 3.8) is 0 Å². The summed E-state index contributed by atoms with van der Waals surface area (Å²) in [5, 5.41) is 8.37. The van der Waals surface area contributed by atoms with Gasteiger partial charge in [-0.25, -0.2) is 0 Å². The van der Waals surface area contributed by atoms with E-state index in [1.165, 1.54) is 0 Å². The first-order valence-corrected chi connectivity index (χ1v) is 7.79. The predicted octanol–water partition coefficient (Wildman–Crippen LogP) is 4.67. The van der Waals surface area contributed by atoms with Crippen LogP contribution in [-0.2, 0) is 12.1 Å². The smallest absolute Gasteiger partial charge is 0.156 e. The van der Waals surface area contributed by atoms with Gasteiger partial charge in [-0.15, -0.1) is 0 Å². The second kappa shape index (κ2) is 6.28. The van der Waals surface area contributed by atoms with Crippen molar-refractivity contribution >= 4 is 33.2 Å². The Kier molecular flexibility index (Phi) is 4.84. The van der Waals surface area contributed by atoms with Crippen LogP contribution in [0.25, 0.3) is 0 Å². The largest absolute Gasteiger partial charge is 0.493 e. The lowest BCUT2D eigenvalue weighted by Gasteiger charge is -2.18. The van der Waals surface area contributed by atoms with Gasteiger partial charge in [-0.1, -0.05) is 11.6 Å². The topological polar surface area (TPSA) is 39.1 Å². The lowest BCUT2D eigenvalue weighted by molar-refractivity contribution is 0.355. The van der Waals surface area contributed by atoms with Gasteiger partial charge in [0.15, 0.2) is 5.75 Å². The second-order valence-corrected chi connectivity index (χ2v) is 7.08. The van der Waals surface area contributed by atoms with Crippen molar-refractivity contribution in [2.75, 3.05) is 12.4 Å². The van der Waals surface area contributed by atoms with Crippen LogP contribution in [0.3, 0.4) is 0 Å². The summed E-state index contributed by atoms with van der Waals surface area (Å²) in [6, 6.07) is 3.66. The standard InChI is InChI=1S/C15H19BrClN3O/c1-15(2,3)20-9-10(8-19-20)7-18-13-6-11(17)5-12(16)14(13)21-4/h5-6,8-9,18H,7H2,1-4H3. The highest BCUT2D eigenvalue weighted by Crippen LogP contribution is 2.36. The van der Waals surface area contributed by atoms with Gasteiger partial charge in [0.25, 0.3) is 0 Å². The van der Waals surface area contributed by atoms with Gasteiger partial charge in [0.1, 0.15) is 0 Å². The number of benzene rings is 1. The van der Waals surface area contributed by atoms with Crippen LogP contribution in [0.5, 0.6) is 5.75 Å². The number of rotatable bonds is 4. The number of methoxy groups -OCH3 is 1. The van der Waals surface area contributed by atoms with Gasteiger partial charge in [-0.05, 0) is 48.8 Å². The van der Waals surface area contributed by atoms with Crippen LogP contribution in [0.4, 0.5) is 5.69 Å². The van der Waals surface area contributed by atoms with E-state index < -0.39 is 0 Å². The quantitative estimate of drug-likeness (QED) is 0.847. The minimum Gasteiger partial charge on any atom is -0.493 e. The third kappa shape index (κ3) is 3.92. The van der Waals surface area contributed by atoms with E-state index in [1.807, 2.05) is 29.2 Å². The van der Waals surface area contributed by atoms with Gasteiger partial charge in [0.2, 0.25) is 0 Å². The van der Waals surface area contributed by atoms with Gasteiger partial charge in [-0.3, -0.25) is 4.68 Å². The van der Waals surface area contributed by atoms with Crippen molar-refractivity contribution in [2.45, 2.75) is 32.9 Å². The summed E-state index contributed by atoms with van der Waals surface area (Å²) in [4.78, 5) is 0. The number of anilines is 1. The summed E-state index contributed by atoms with van der Waals surface area (Å²) in [5.74, 6) is 0.739. The Morgan fingerprint density at radius 2 is 2.10 bits per heavy atom. The number of ether oxygens (including phenoxy) is 1. The molecule has 0 radical (unpaired) electrons. The van der Waals surface area contributed by atoms with Crippen molar-refractivity contribution in [3.8, 4) is 5.75 Å². The zero-order chi connectivity index (χ0) is 15.6. The fourth-order valence-electron chi connectivity index (χ4n) is 1.91. The lowest BCUT2D eigenvalue weighted by atomic mass is 10.1. The zero-order valence-corrected chi connectivity index (χ0v) is 14.9. The maximum absolute atomic E-state index is 6.08. The molecule has 0 spiro atoms. The summed E-state index contributed by atoms with van der Waals surface area (Å²) in [7, 11) is 1.64. The normalized spacial score (nSPS) is 11.5. The molecule has 4 nitrogen and oxygen atoms in total. The van der Waals surface area contributed by atoms with Crippen LogP contribution in [0.2, 0.25) is 5.02 Å². The molecule has 0 atom stereocenters. The van der Waals surface area contributed by atoms with E-state index in [0.29, 0.717) is 11.6 Å².